The molecule has 1 spiro atoms. The summed E-state index contributed by atoms with van der Waals surface area (Å²) in [7, 11) is 0. The Morgan fingerprint density at radius 2 is 1.59 bits per heavy atom. The molecule has 5 nitrogen and oxygen atoms in total. The lowest BCUT2D eigenvalue weighted by Gasteiger charge is -2.57. The Morgan fingerprint density at radius 3 is 2.22 bits per heavy atom. The Kier molecular flexibility index (Phi) is 4.97. The van der Waals surface area contributed by atoms with Crippen LogP contribution in [0.1, 0.15) is 61.7 Å². The quantitative estimate of drug-likeness (QED) is 0.712. The Balaban J connectivity index is 1.11. The van der Waals surface area contributed by atoms with Gasteiger partial charge < -0.3 is 15.1 Å². The molecular weight excluding hydrogens is 425 g/mol. The molecule has 4 bridgehead atoms. The second-order valence-electron chi connectivity index (χ2n) is 10.8. The fourth-order valence-electron chi connectivity index (χ4n) is 7.72. The molecule has 4 saturated carbocycles. The number of nitrogens with one attached hydrogen (secondary N) is 1. The molecule has 1 aromatic rings. The number of hydrogen-bond acceptors (Lipinski definition) is 3. The van der Waals surface area contributed by atoms with Crippen molar-refractivity contribution in [3.63, 3.8) is 0 Å². The predicted molar refractivity (Wildman–Crippen MR) is 123 cm³/mol. The highest BCUT2D eigenvalue weighted by atomic mass is 32.2. The zero-order valence-corrected chi connectivity index (χ0v) is 19.3. The number of urea groups is 1. The number of likely N-dealkylation sites (tertiary alicyclic amines) is 1. The van der Waals surface area contributed by atoms with Crippen molar-refractivity contribution < 1.29 is 14.0 Å². The number of benzene rings is 1. The molecule has 1 aromatic carbocycles. The number of nitrogens with zero attached hydrogens (tertiary/aromatic N) is 2. The minimum absolute atomic E-state index is 0.0237. The molecule has 2 heterocycles. The Hall–Kier alpha value is -1.76. The van der Waals surface area contributed by atoms with E-state index < -0.39 is 5.82 Å². The zero-order chi connectivity index (χ0) is 21.9. The van der Waals surface area contributed by atoms with Crippen LogP contribution in [-0.2, 0) is 0 Å². The summed E-state index contributed by atoms with van der Waals surface area (Å²) in [5, 5.41) is 3.49. The number of piperidine rings is 1. The van der Waals surface area contributed by atoms with Crippen molar-refractivity contribution in [1.82, 2.24) is 15.1 Å². The SMILES string of the molecule is O=C(NC12CC3CC(CC(C3)C1)C2)N1CCC2(CC1)SCCN2C(=O)c1ccccc1F. The maximum atomic E-state index is 14.3. The fraction of sp³-hybridized carbons (Fsp3) is 0.680. The van der Waals surface area contributed by atoms with Crippen molar-refractivity contribution in [2.24, 2.45) is 17.8 Å². The number of halogens is 1. The molecule has 172 valence electrons. The number of carbonyl (C=O) groups is 2. The summed E-state index contributed by atoms with van der Waals surface area (Å²) >= 11 is 1.80. The van der Waals surface area contributed by atoms with Crippen molar-refractivity contribution in [2.45, 2.75) is 61.8 Å². The summed E-state index contributed by atoms with van der Waals surface area (Å²) in [6.45, 7) is 1.93. The van der Waals surface area contributed by atoms with Crippen LogP contribution in [0.25, 0.3) is 0 Å². The van der Waals surface area contributed by atoms with E-state index in [2.05, 4.69) is 5.32 Å². The van der Waals surface area contributed by atoms with Gasteiger partial charge in [-0.3, -0.25) is 4.79 Å². The largest absolute Gasteiger partial charge is 0.333 e. The van der Waals surface area contributed by atoms with Gasteiger partial charge in [-0.05, 0) is 81.3 Å². The minimum atomic E-state index is -0.461. The summed E-state index contributed by atoms with van der Waals surface area (Å²) in [4.78, 5) is 29.9. The van der Waals surface area contributed by atoms with Gasteiger partial charge in [0.1, 0.15) is 5.82 Å². The van der Waals surface area contributed by atoms with E-state index in [-0.39, 0.29) is 27.9 Å². The lowest BCUT2D eigenvalue weighted by Crippen LogP contribution is -2.63. The molecule has 0 atom stereocenters. The highest BCUT2D eigenvalue weighted by molar-refractivity contribution is 8.00. The molecule has 1 N–H and O–H groups in total. The topological polar surface area (TPSA) is 52.7 Å². The predicted octanol–water partition coefficient (Wildman–Crippen LogP) is 4.49. The van der Waals surface area contributed by atoms with Gasteiger partial charge in [0.2, 0.25) is 0 Å². The average Bonchev–Trinajstić information content (AvgIpc) is 3.15. The van der Waals surface area contributed by atoms with E-state index in [0.717, 1.165) is 55.6 Å². The second kappa shape index (κ2) is 7.64. The zero-order valence-electron chi connectivity index (χ0n) is 18.5. The van der Waals surface area contributed by atoms with Crippen LogP contribution in [0.3, 0.4) is 0 Å². The van der Waals surface area contributed by atoms with Crippen LogP contribution in [0.4, 0.5) is 9.18 Å². The van der Waals surface area contributed by atoms with Crippen LogP contribution in [-0.4, -0.2) is 57.5 Å². The minimum Gasteiger partial charge on any atom is -0.333 e. The molecule has 6 aliphatic rings. The van der Waals surface area contributed by atoms with Crippen LogP contribution >= 0.6 is 11.8 Å². The van der Waals surface area contributed by atoms with Gasteiger partial charge in [0.05, 0.1) is 10.4 Å². The van der Waals surface area contributed by atoms with E-state index >= 15 is 0 Å². The first-order valence-corrected chi connectivity index (χ1v) is 13.2. The molecule has 0 radical (unpaired) electrons. The van der Waals surface area contributed by atoms with Gasteiger partial charge >= 0.3 is 6.03 Å². The number of thioether (sulfide) groups is 1. The lowest BCUT2D eigenvalue weighted by atomic mass is 9.53. The van der Waals surface area contributed by atoms with E-state index in [1.54, 1.807) is 30.0 Å². The smallest absolute Gasteiger partial charge is 0.317 e. The standard InChI is InChI=1S/C25H32FN3O2S/c26-21-4-2-1-3-20(21)22(30)29-9-10-32-25(29)5-7-28(8-6-25)23(31)27-24-14-17-11-18(15-24)13-19(12-17)16-24/h1-4,17-19H,5-16H2,(H,27,31). The average molecular weight is 458 g/mol. The molecule has 7 rings (SSSR count). The van der Waals surface area contributed by atoms with Gasteiger partial charge in [0.25, 0.3) is 5.91 Å². The van der Waals surface area contributed by atoms with E-state index in [0.29, 0.717) is 19.6 Å². The van der Waals surface area contributed by atoms with Gasteiger partial charge in [-0.1, -0.05) is 12.1 Å². The Morgan fingerprint density at radius 1 is 0.969 bits per heavy atom. The summed E-state index contributed by atoms with van der Waals surface area (Å²) in [6, 6.07) is 6.32. The molecule has 6 fully saturated rings. The Labute approximate surface area is 193 Å². The van der Waals surface area contributed by atoms with Crippen molar-refractivity contribution in [1.29, 1.82) is 0 Å². The van der Waals surface area contributed by atoms with Gasteiger partial charge in [-0.15, -0.1) is 11.8 Å². The van der Waals surface area contributed by atoms with E-state index in [4.69, 9.17) is 0 Å². The normalized spacial score (nSPS) is 34.8. The number of amides is 3. The number of rotatable bonds is 2. The van der Waals surface area contributed by atoms with Crippen LogP contribution in [0.2, 0.25) is 0 Å². The molecule has 3 amide bonds. The summed E-state index contributed by atoms with van der Waals surface area (Å²) in [5.41, 5.74) is 0.173. The third kappa shape index (κ3) is 3.42. The number of carbonyl (C=O) groups excluding carboxylic acids is 2. The maximum absolute atomic E-state index is 14.3. The molecular formula is C25H32FN3O2S. The summed E-state index contributed by atoms with van der Waals surface area (Å²) in [6.07, 6.45) is 9.05. The highest BCUT2D eigenvalue weighted by Crippen LogP contribution is 2.55. The van der Waals surface area contributed by atoms with E-state index in [1.807, 2.05) is 9.80 Å². The fourth-order valence-corrected chi connectivity index (χ4v) is 9.17. The molecule has 4 aliphatic carbocycles. The lowest BCUT2D eigenvalue weighted by molar-refractivity contribution is -0.0164. The van der Waals surface area contributed by atoms with Gasteiger partial charge in [0.15, 0.2) is 0 Å². The molecule has 2 aliphatic heterocycles. The third-order valence-corrected chi connectivity index (χ3v) is 10.3. The first-order valence-electron chi connectivity index (χ1n) is 12.2. The summed E-state index contributed by atoms with van der Waals surface area (Å²) < 4.78 is 14.3. The number of hydrogen-bond donors (Lipinski definition) is 1. The molecule has 0 unspecified atom stereocenters. The maximum Gasteiger partial charge on any atom is 0.317 e. The molecule has 7 heteroatoms. The van der Waals surface area contributed by atoms with Gasteiger partial charge in [-0.25, -0.2) is 9.18 Å². The van der Waals surface area contributed by atoms with Crippen LogP contribution in [0, 0.1) is 23.6 Å². The summed E-state index contributed by atoms with van der Waals surface area (Å²) in [5.74, 6) is 2.59. The van der Waals surface area contributed by atoms with Crippen molar-refractivity contribution in [3.05, 3.63) is 35.6 Å². The molecule has 32 heavy (non-hydrogen) atoms. The molecule has 0 aromatic heterocycles. The van der Waals surface area contributed by atoms with Crippen LogP contribution in [0.15, 0.2) is 24.3 Å². The van der Waals surface area contributed by atoms with Crippen LogP contribution < -0.4 is 5.32 Å². The van der Waals surface area contributed by atoms with Gasteiger partial charge in [-0.2, -0.15) is 0 Å². The highest BCUT2D eigenvalue weighted by Gasteiger charge is 2.53. The first kappa shape index (κ1) is 20.8. The van der Waals surface area contributed by atoms with Gasteiger partial charge in [0, 0.05) is 30.9 Å². The van der Waals surface area contributed by atoms with Crippen molar-refractivity contribution in [2.75, 3.05) is 25.4 Å². The third-order valence-electron chi connectivity index (χ3n) is 8.77. The molecule has 2 saturated heterocycles. The second-order valence-corrected chi connectivity index (χ2v) is 12.3. The Bertz CT molecular complexity index is 894. The van der Waals surface area contributed by atoms with Crippen molar-refractivity contribution in [3.8, 4) is 0 Å². The van der Waals surface area contributed by atoms with E-state index in [1.165, 1.54) is 25.3 Å². The first-order chi connectivity index (χ1) is 15.5. The van der Waals surface area contributed by atoms with Crippen molar-refractivity contribution >= 4 is 23.7 Å². The van der Waals surface area contributed by atoms with Crippen LogP contribution in [0.5, 0.6) is 0 Å². The monoisotopic (exact) mass is 457 g/mol. The van der Waals surface area contributed by atoms with E-state index in [9.17, 15) is 14.0 Å².